The Labute approximate surface area is 103 Å². The number of nitrogens with zero attached hydrogens (tertiary/aromatic N) is 2. The molecule has 17 heavy (non-hydrogen) atoms. The fraction of sp³-hybridized carbons (Fsp3) is 0.692. The molecule has 96 valence electrons. The highest BCUT2D eigenvalue weighted by molar-refractivity contribution is 5.87. The summed E-state index contributed by atoms with van der Waals surface area (Å²) in [6.45, 7) is 10.1. The number of carbonyl (C=O) groups is 2. The Bertz CT molecular complexity index is 290. The molecule has 2 amide bonds. The summed E-state index contributed by atoms with van der Waals surface area (Å²) in [6.07, 6.45) is 3.11. The van der Waals surface area contributed by atoms with Crippen LogP contribution in [-0.4, -0.2) is 47.8 Å². The van der Waals surface area contributed by atoms with Crippen LogP contribution in [0.2, 0.25) is 0 Å². The summed E-state index contributed by atoms with van der Waals surface area (Å²) in [4.78, 5) is 27.1. The molecule has 0 aromatic heterocycles. The van der Waals surface area contributed by atoms with Crippen LogP contribution < -0.4 is 0 Å². The van der Waals surface area contributed by atoms with Crippen molar-refractivity contribution in [3.8, 4) is 0 Å². The van der Waals surface area contributed by atoms with Gasteiger partial charge in [0.1, 0.15) is 0 Å². The van der Waals surface area contributed by atoms with Crippen LogP contribution in [0.3, 0.4) is 0 Å². The molecule has 0 atom stereocenters. The van der Waals surface area contributed by atoms with E-state index in [1.807, 2.05) is 18.7 Å². The largest absolute Gasteiger partial charge is 0.339 e. The lowest BCUT2D eigenvalue weighted by Gasteiger charge is -2.35. The lowest BCUT2D eigenvalue weighted by atomic mass is 10.0. The molecule has 0 saturated carbocycles. The number of piperazine rings is 1. The Kier molecular flexibility index (Phi) is 5.19. The van der Waals surface area contributed by atoms with E-state index in [-0.39, 0.29) is 17.7 Å². The molecular weight excluding hydrogens is 216 g/mol. The number of hydrogen-bond donors (Lipinski definition) is 0. The lowest BCUT2D eigenvalue weighted by molar-refractivity contribution is -0.140. The van der Waals surface area contributed by atoms with E-state index >= 15 is 0 Å². The van der Waals surface area contributed by atoms with E-state index in [0.29, 0.717) is 26.2 Å². The second kappa shape index (κ2) is 6.42. The zero-order valence-corrected chi connectivity index (χ0v) is 10.8. The first-order valence-electron chi connectivity index (χ1n) is 6.34. The van der Waals surface area contributed by atoms with Crippen molar-refractivity contribution in [2.75, 3.05) is 26.2 Å². The van der Waals surface area contributed by atoms with Crippen LogP contribution in [0.5, 0.6) is 0 Å². The van der Waals surface area contributed by atoms with Crippen LogP contribution in [0, 0.1) is 5.92 Å². The normalized spacial score (nSPS) is 16.2. The van der Waals surface area contributed by atoms with Crippen molar-refractivity contribution in [1.82, 2.24) is 9.80 Å². The lowest BCUT2D eigenvalue weighted by Crippen LogP contribution is -2.51. The van der Waals surface area contributed by atoms with Gasteiger partial charge in [-0.05, 0) is 18.9 Å². The van der Waals surface area contributed by atoms with Crippen molar-refractivity contribution in [3.05, 3.63) is 12.7 Å². The highest BCUT2D eigenvalue weighted by atomic mass is 16.2. The van der Waals surface area contributed by atoms with Crippen LogP contribution in [0.25, 0.3) is 0 Å². The highest BCUT2D eigenvalue weighted by Gasteiger charge is 2.26. The topological polar surface area (TPSA) is 40.6 Å². The Hall–Kier alpha value is -1.32. The van der Waals surface area contributed by atoms with E-state index in [9.17, 15) is 9.59 Å². The predicted octanol–water partition coefficient (Wildman–Crippen LogP) is 1.28. The summed E-state index contributed by atoms with van der Waals surface area (Å²) >= 11 is 0. The van der Waals surface area contributed by atoms with Crippen molar-refractivity contribution in [1.29, 1.82) is 0 Å². The summed E-state index contributed by atoms with van der Waals surface area (Å²) in [5.74, 6) is 0.331. The fourth-order valence-corrected chi connectivity index (χ4v) is 2.17. The molecule has 0 aromatic rings. The minimum atomic E-state index is -0.0420. The monoisotopic (exact) mass is 238 g/mol. The molecule has 1 aliphatic heterocycles. The SMILES string of the molecule is C=CC(=O)N1CCN(C(=O)C(CC)CC)CC1. The van der Waals surface area contributed by atoms with Gasteiger partial charge < -0.3 is 9.80 Å². The summed E-state index contributed by atoms with van der Waals surface area (Å²) < 4.78 is 0. The van der Waals surface area contributed by atoms with Crippen LogP contribution in [0.4, 0.5) is 0 Å². The van der Waals surface area contributed by atoms with Gasteiger partial charge in [-0.2, -0.15) is 0 Å². The Morgan fingerprint density at radius 2 is 1.59 bits per heavy atom. The zero-order valence-electron chi connectivity index (χ0n) is 10.8. The van der Waals surface area contributed by atoms with Crippen molar-refractivity contribution in [2.45, 2.75) is 26.7 Å². The van der Waals surface area contributed by atoms with Gasteiger partial charge in [-0.1, -0.05) is 20.4 Å². The molecule has 0 N–H and O–H groups in total. The van der Waals surface area contributed by atoms with Crippen molar-refractivity contribution >= 4 is 11.8 Å². The highest BCUT2D eigenvalue weighted by Crippen LogP contribution is 2.14. The molecule has 1 aliphatic rings. The quantitative estimate of drug-likeness (QED) is 0.692. The number of amides is 2. The first kappa shape index (κ1) is 13.7. The van der Waals surface area contributed by atoms with E-state index in [2.05, 4.69) is 6.58 Å². The summed E-state index contributed by atoms with van der Waals surface area (Å²) in [6, 6.07) is 0. The van der Waals surface area contributed by atoms with E-state index in [1.54, 1.807) is 4.90 Å². The molecule has 1 fully saturated rings. The van der Waals surface area contributed by atoms with Crippen molar-refractivity contribution < 1.29 is 9.59 Å². The van der Waals surface area contributed by atoms with Crippen LogP contribution in [0.15, 0.2) is 12.7 Å². The maximum atomic E-state index is 12.1. The third kappa shape index (κ3) is 3.32. The van der Waals surface area contributed by atoms with Crippen LogP contribution >= 0.6 is 0 Å². The van der Waals surface area contributed by atoms with Crippen LogP contribution in [0.1, 0.15) is 26.7 Å². The molecule has 1 saturated heterocycles. The number of hydrogen-bond acceptors (Lipinski definition) is 2. The smallest absolute Gasteiger partial charge is 0.246 e. The van der Waals surface area contributed by atoms with Gasteiger partial charge in [-0.15, -0.1) is 0 Å². The van der Waals surface area contributed by atoms with E-state index in [1.165, 1.54) is 6.08 Å². The molecule has 4 nitrogen and oxygen atoms in total. The van der Waals surface area contributed by atoms with E-state index in [4.69, 9.17) is 0 Å². The second-order valence-corrected chi connectivity index (χ2v) is 4.37. The fourth-order valence-electron chi connectivity index (χ4n) is 2.17. The van der Waals surface area contributed by atoms with Gasteiger partial charge in [0.15, 0.2) is 0 Å². The minimum Gasteiger partial charge on any atom is -0.339 e. The second-order valence-electron chi connectivity index (χ2n) is 4.37. The average Bonchev–Trinajstić information content (AvgIpc) is 2.39. The third-order valence-corrected chi connectivity index (χ3v) is 3.41. The van der Waals surface area contributed by atoms with Gasteiger partial charge in [0.25, 0.3) is 0 Å². The molecule has 0 aliphatic carbocycles. The van der Waals surface area contributed by atoms with Gasteiger partial charge in [0.2, 0.25) is 11.8 Å². The maximum Gasteiger partial charge on any atom is 0.246 e. The number of rotatable bonds is 4. The Balaban J connectivity index is 2.49. The third-order valence-electron chi connectivity index (χ3n) is 3.41. The van der Waals surface area contributed by atoms with Gasteiger partial charge in [-0.3, -0.25) is 9.59 Å². The van der Waals surface area contributed by atoms with Gasteiger partial charge >= 0.3 is 0 Å². The standard InChI is InChI=1S/C13H22N2O2/c1-4-11(5-2)13(17)15-9-7-14(8-10-15)12(16)6-3/h6,11H,3-5,7-10H2,1-2H3. The molecule has 0 radical (unpaired) electrons. The molecule has 0 spiro atoms. The molecular formula is C13H22N2O2. The van der Waals surface area contributed by atoms with Gasteiger partial charge in [0, 0.05) is 32.1 Å². The van der Waals surface area contributed by atoms with Gasteiger partial charge in [-0.25, -0.2) is 0 Å². The van der Waals surface area contributed by atoms with E-state index < -0.39 is 0 Å². The van der Waals surface area contributed by atoms with E-state index in [0.717, 1.165) is 12.8 Å². The maximum absolute atomic E-state index is 12.1. The molecule has 0 unspecified atom stereocenters. The molecule has 1 heterocycles. The zero-order chi connectivity index (χ0) is 12.8. The summed E-state index contributed by atoms with van der Waals surface area (Å²) in [7, 11) is 0. The molecule has 0 bridgehead atoms. The average molecular weight is 238 g/mol. The van der Waals surface area contributed by atoms with Gasteiger partial charge in [0.05, 0.1) is 0 Å². The summed E-state index contributed by atoms with van der Waals surface area (Å²) in [5.41, 5.74) is 0. The van der Waals surface area contributed by atoms with Crippen molar-refractivity contribution in [2.24, 2.45) is 5.92 Å². The molecule has 0 aromatic carbocycles. The Morgan fingerprint density at radius 1 is 1.12 bits per heavy atom. The molecule has 1 rings (SSSR count). The number of carbonyl (C=O) groups excluding carboxylic acids is 2. The summed E-state index contributed by atoms with van der Waals surface area (Å²) in [5, 5.41) is 0. The van der Waals surface area contributed by atoms with Crippen LogP contribution in [-0.2, 0) is 9.59 Å². The first-order chi connectivity index (χ1) is 8.13. The van der Waals surface area contributed by atoms with Crippen molar-refractivity contribution in [3.63, 3.8) is 0 Å². The first-order valence-corrected chi connectivity index (χ1v) is 6.34. The predicted molar refractivity (Wildman–Crippen MR) is 67.4 cm³/mol. The Morgan fingerprint density at radius 3 is 2.00 bits per heavy atom. The minimum absolute atomic E-state index is 0.0420. The molecule has 4 heteroatoms.